The fourth-order valence-corrected chi connectivity index (χ4v) is 4.69. The third-order valence-electron chi connectivity index (χ3n) is 4.78. The highest BCUT2D eigenvalue weighted by Gasteiger charge is 2.24. The van der Waals surface area contributed by atoms with Crippen molar-refractivity contribution in [3.8, 4) is 0 Å². The first-order valence-electron chi connectivity index (χ1n) is 8.92. The number of hydrogen-bond acceptors (Lipinski definition) is 5. The van der Waals surface area contributed by atoms with Gasteiger partial charge >= 0.3 is 0 Å². The van der Waals surface area contributed by atoms with Gasteiger partial charge in [0.15, 0.2) is 5.13 Å². The Balaban J connectivity index is 1.82. The maximum Gasteiger partial charge on any atom is 0.261 e. The van der Waals surface area contributed by atoms with E-state index in [0.717, 1.165) is 26.4 Å². The molecule has 2 aromatic heterocycles. The van der Waals surface area contributed by atoms with Gasteiger partial charge in [-0.3, -0.25) is 9.69 Å². The van der Waals surface area contributed by atoms with Crippen LogP contribution in [-0.2, 0) is 6.54 Å². The highest BCUT2D eigenvalue weighted by atomic mass is 32.2. The van der Waals surface area contributed by atoms with E-state index in [-0.39, 0.29) is 5.91 Å². The summed E-state index contributed by atoms with van der Waals surface area (Å²) in [6.45, 7) is 4.49. The van der Waals surface area contributed by atoms with Gasteiger partial charge in [-0.2, -0.15) is 0 Å². The quantitative estimate of drug-likeness (QED) is 0.376. The fraction of sp³-hybridized carbons (Fsp3) is 0.182. The Morgan fingerprint density at radius 3 is 2.71 bits per heavy atom. The number of thiazole rings is 1. The van der Waals surface area contributed by atoms with Crippen LogP contribution >= 0.6 is 23.1 Å². The van der Waals surface area contributed by atoms with Crippen LogP contribution in [0.25, 0.3) is 10.2 Å². The predicted molar refractivity (Wildman–Crippen MR) is 117 cm³/mol. The molecule has 0 fully saturated rings. The monoisotopic (exact) mass is 408 g/mol. The van der Waals surface area contributed by atoms with Gasteiger partial charge in [-0.1, -0.05) is 29.5 Å². The topological polar surface area (TPSA) is 46.3 Å². The molecule has 0 bridgehead atoms. The largest absolute Gasteiger partial charge is 0.467 e. The molecule has 0 aliphatic rings. The van der Waals surface area contributed by atoms with Crippen LogP contribution in [-0.4, -0.2) is 17.1 Å². The Bertz CT molecular complexity index is 1130. The van der Waals surface area contributed by atoms with E-state index in [1.165, 1.54) is 16.9 Å². The molecule has 4 rings (SSSR count). The molecule has 2 heterocycles. The first-order valence-corrected chi connectivity index (χ1v) is 11.0. The Hall–Kier alpha value is -2.57. The Kier molecular flexibility index (Phi) is 5.24. The third-order valence-corrected chi connectivity index (χ3v) is 6.62. The Labute approximate surface area is 172 Å². The molecule has 0 unspecified atom stereocenters. The van der Waals surface area contributed by atoms with Crippen molar-refractivity contribution in [3.63, 3.8) is 0 Å². The van der Waals surface area contributed by atoms with Crippen LogP contribution in [0.1, 0.15) is 27.2 Å². The van der Waals surface area contributed by atoms with Crippen molar-refractivity contribution in [1.29, 1.82) is 0 Å². The predicted octanol–water partition coefficient (Wildman–Crippen LogP) is 6.08. The normalized spacial score (nSPS) is 11.1. The van der Waals surface area contributed by atoms with Gasteiger partial charge in [0.25, 0.3) is 5.91 Å². The van der Waals surface area contributed by atoms with E-state index in [1.807, 2.05) is 42.7 Å². The van der Waals surface area contributed by atoms with E-state index in [4.69, 9.17) is 9.40 Å². The molecule has 0 saturated carbocycles. The zero-order valence-corrected chi connectivity index (χ0v) is 17.6. The average Bonchev–Trinajstić information content (AvgIpc) is 3.38. The van der Waals surface area contributed by atoms with Crippen molar-refractivity contribution in [2.45, 2.75) is 25.3 Å². The highest BCUT2D eigenvalue weighted by molar-refractivity contribution is 7.98. The lowest BCUT2D eigenvalue weighted by molar-refractivity contribution is 0.0980. The van der Waals surface area contributed by atoms with Crippen molar-refractivity contribution in [1.82, 2.24) is 4.98 Å². The molecular formula is C22H20N2O2S2. The van der Waals surface area contributed by atoms with Crippen molar-refractivity contribution in [2.75, 3.05) is 11.2 Å². The van der Waals surface area contributed by atoms with Gasteiger partial charge in [0, 0.05) is 4.90 Å². The molecule has 0 spiro atoms. The van der Waals surface area contributed by atoms with Crippen LogP contribution in [0, 0.1) is 13.8 Å². The number of anilines is 1. The number of furan rings is 1. The second-order valence-electron chi connectivity index (χ2n) is 6.52. The van der Waals surface area contributed by atoms with Gasteiger partial charge in [-0.25, -0.2) is 4.98 Å². The van der Waals surface area contributed by atoms with Crippen molar-refractivity contribution in [2.24, 2.45) is 0 Å². The number of aryl methyl sites for hydroxylation is 2. The van der Waals surface area contributed by atoms with Crippen molar-refractivity contribution in [3.05, 3.63) is 77.2 Å². The number of thioether (sulfide) groups is 1. The second-order valence-corrected chi connectivity index (χ2v) is 8.38. The number of benzene rings is 2. The van der Waals surface area contributed by atoms with E-state index in [1.54, 1.807) is 22.9 Å². The van der Waals surface area contributed by atoms with Crippen LogP contribution in [0.4, 0.5) is 5.13 Å². The molecule has 1 amide bonds. The van der Waals surface area contributed by atoms with Crippen molar-refractivity contribution < 1.29 is 9.21 Å². The minimum Gasteiger partial charge on any atom is -0.467 e. The van der Waals surface area contributed by atoms with Crippen LogP contribution in [0.15, 0.2) is 64.1 Å². The lowest BCUT2D eigenvalue weighted by atomic mass is 10.1. The van der Waals surface area contributed by atoms with Crippen LogP contribution in [0.3, 0.4) is 0 Å². The van der Waals surface area contributed by atoms with Crippen LogP contribution in [0.5, 0.6) is 0 Å². The first-order chi connectivity index (χ1) is 13.6. The van der Waals surface area contributed by atoms with Gasteiger partial charge in [-0.05, 0) is 61.6 Å². The SMILES string of the molecule is CSc1ccccc1C(=O)N(Cc1ccco1)c1nc2c(C)c(C)ccc2s1. The lowest BCUT2D eigenvalue weighted by Crippen LogP contribution is -2.30. The van der Waals surface area contributed by atoms with Gasteiger partial charge in [0.05, 0.1) is 28.6 Å². The Morgan fingerprint density at radius 1 is 1.14 bits per heavy atom. The lowest BCUT2D eigenvalue weighted by Gasteiger charge is -2.20. The van der Waals surface area contributed by atoms with Gasteiger partial charge in [-0.15, -0.1) is 11.8 Å². The average molecular weight is 409 g/mol. The van der Waals surface area contributed by atoms with Crippen LogP contribution < -0.4 is 4.90 Å². The van der Waals surface area contributed by atoms with Crippen LogP contribution in [0.2, 0.25) is 0 Å². The summed E-state index contributed by atoms with van der Waals surface area (Å²) in [4.78, 5) is 21.0. The standard InChI is InChI=1S/C22H20N2O2S2/c1-14-10-11-19-20(15(14)2)23-22(28-19)24(13-16-7-6-12-26-16)21(25)17-8-4-5-9-18(17)27-3/h4-12H,13H2,1-3H3. The molecule has 4 nitrogen and oxygen atoms in total. The summed E-state index contributed by atoms with van der Waals surface area (Å²) in [5.74, 6) is 0.650. The maximum atomic E-state index is 13.5. The number of rotatable bonds is 5. The minimum atomic E-state index is -0.0743. The smallest absolute Gasteiger partial charge is 0.261 e. The number of aromatic nitrogens is 1. The number of nitrogens with zero attached hydrogens (tertiary/aromatic N) is 2. The molecule has 0 aliphatic heterocycles. The van der Waals surface area contributed by atoms with Gasteiger partial charge < -0.3 is 4.42 Å². The minimum absolute atomic E-state index is 0.0743. The molecule has 2 aromatic carbocycles. The molecule has 0 aliphatic carbocycles. The molecular weight excluding hydrogens is 388 g/mol. The second kappa shape index (κ2) is 7.81. The summed E-state index contributed by atoms with van der Waals surface area (Å²) in [5, 5.41) is 0.681. The zero-order valence-electron chi connectivity index (χ0n) is 15.9. The zero-order chi connectivity index (χ0) is 19.7. The highest BCUT2D eigenvalue weighted by Crippen LogP contribution is 2.34. The Morgan fingerprint density at radius 2 is 1.96 bits per heavy atom. The molecule has 0 radical (unpaired) electrons. The summed E-state index contributed by atoms with van der Waals surface area (Å²) in [5.41, 5.74) is 3.97. The third kappa shape index (κ3) is 3.45. The molecule has 0 N–H and O–H groups in total. The molecule has 6 heteroatoms. The van der Waals surface area contributed by atoms with Gasteiger partial charge in [0.2, 0.25) is 0 Å². The van der Waals surface area contributed by atoms with E-state index in [9.17, 15) is 4.79 Å². The number of carbonyl (C=O) groups is 1. The van der Waals surface area contributed by atoms with E-state index >= 15 is 0 Å². The first kappa shape index (κ1) is 18.8. The summed E-state index contributed by atoms with van der Waals surface area (Å²) < 4.78 is 6.60. The molecule has 28 heavy (non-hydrogen) atoms. The number of amides is 1. The van der Waals surface area contributed by atoms with Gasteiger partial charge in [0.1, 0.15) is 5.76 Å². The summed E-state index contributed by atoms with van der Waals surface area (Å²) in [7, 11) is 0. The number of carbonyl (C=O) groups excluding carboxylic acids is 1. The van der Waals surface area contributed by atoms with E-state index < -0.39 is 0 Å². The molecule has 142 valence electrons. The maximum absolute atomic E-state index is 13.5. The van der Waals surface area contributed by atoms with E-state index in [0.29, 0.717) is 17.2 Å². The fourth-order valence-electron chi connectivity index (χ4n) is 3.08. The summed E-state index contributed by atoms with van der Waals surface area (Å²) in [6, 6.07) is 15.6. The number of hydrogen-bond donors (Lipinski definition) is 0. The summed E-state index contributed by atoms with van der Waals surface area (Å²) in [6.07, 6.45) is 3.60. The number of fused-ring (bicyclic) bond motifs is 1. The van der Waals surface area contributed by atoms with E-state index in [2.05, 4.69) is 26.0 Å². The molecule has 4 aromatic rings. The summed E-state index contributed by atoms with van der Waals surface area (Å²) >= 11 is 3.10. The molecule has 0 saturated heterocycles. The van der Waals surface area contributed by atoms with Crippen molar-refractivity contribution >= 4 is 44.4 Å². The molecule has 0 atom stereocenters.